The fraction of sp³-hybridized carbons (Fsp3) is 0.475. The highest BCUT2D eigenvalue weighted by Gasteiger charge is 2.29. The first-order valence-corrected chi connectivity index (χ1v) is 19.0. The molecule has 2 aromatic heterocycles. The number of aromatic nitrogens is 4. The number of carbonyl (C=O) groups excluding carboxylic acids is 2. The Labute approximate surface area is 310 Å². The van der Waals surface area contributed by atoms with Crippen molar-refractivity contribution in [1.82, 2.24) is 34.9 Å². The van der Waals surface area contributed by atoms with E-state index in [9.17, 15) is 14.0 Å². The van der Waals surface area contributed by atoms with Gasteiger partial charge in [0.15, 0.2) is 11.5 Å². The molecule has 1 amide bonds. The van der Waals surface area contributed by atoms with Gasteiger partial charge in [-0.1, -0.05) is 30.3 Å². The van der Waals surface area contributed by atoms with Gasteiger partial charge in [-0.3, -0.25) is 9.48 Å². The molecule has 0 spiro atoms. The quantitative estimate of drug-likeness (QED) is 0.164. The van der Waals surface area contributed by atoms with Crippen LogP contribution in [0.1, 0.15) is 73.1 Å². The highest BCUT2D eigenvalue weighted by Crippen LogP contribution is 2.29. The molecule has 0 aliphatic carbocycles. The molecule has 0 saturated carbocycles. The van der Waals surface area contributed by atoms with E-state index in [1.54, 1.807) is 36.5 Å². The van der Waals surface area contributed by atoms with E-state index in [-0.39, 0.29) is 17.6 Å². The summed E-state index contributed by atoms with van der Waals surface area (Å²) in [7, 11) is 0. The molecule has 12 nitrogen and oxygen atoms in total. The van der Waals surface area contributed by atoms with E-state index >= 15 is 0 Å². The van der Waals surface area contributed by atoms with Crippen molar-refractivity contribution in [3.8, 4) is 11.3 Å². The number of likely N-dealkylation sites (tertiary alicyclic amines) is 2. The molecule has 53 heavy (non-hydrogen) atoms. The zero-order chi connectivity index (χ0) is 36.6. The number of piperidine rings is 3. The summed E-state index contributed by atoms with van der Waals surface area (Å²) in [6, 6.07) is 14.2. The van der Waals surface area contributed by atoms with Crippen LogP contribution in [-0.4, -0.2) is 93.8 Å². The smallest absolute Gasteiger partial charge is 0.361 e. The number of nitrogens with one attached hydrogen (secondary N) is 2. The number of nitrogen functional groups attached to an aromatic ring is 1. The summed E-state index contributed by atoms with van der Waals surface area (Å²) in [4.78, 5) is 40.9. The molecule has 3 saturated heterocycles. The van der Waals surface area contributed by atoms with Crippen molar-refractivity contribution in [2.75, 3.05) is 63.4 Å². The van der Waals surface area contributed by atoms with Crippen LogP contribution in [0.25, 0.3) is 11.3 Å². The van der Waals surface area contributed by atoms with Gasteiger partial charge in [-0.25, -0.2) is 19.2 Å². The van der Waals surface area contributed by atoms with Crippen molar-refractivity contribution >= 4 is 23.4 Å². The standard InChI is InChI=1S/C40H50FN9O3/c41-32-6-8-33(9-7-32)46-39(51)37(30-4-2-1-3-5-30)53-40(52)36-38(42)44-25-35(47-36)31-24-45-50(27-31)34-15-22-48(23-16-34)19-12-28-13-20-49(21-14-28)26-29-10-17-43-18-11-29/h1-9,24-25,27-29,34,37,43H,10-23,26H2,(H2,42,44)(H,46,51)/t37-/m1/s1. The third-order valence-corrected chi connectivity index (χ3v) is 11.0. The molecule has 3 aliphatic rings. The summed E-state index contributed by atoms with van der Waals surface area (Å²) in [5.74, 6) is -0.369. The molecule has 0 radical (unpaired) electrons. The molecule has 0 bridgehead atoms. The highest BCUT2D eigenvalue weighted by molar-refractivity contribution is 5.99. The summed E-state index contributed by atoms with van der Waals surface area (Å²) in [5, 5.41) is 10.8. The maximum atomic E-state index is 13.5. The zero-order valence-corrected chi connectivity index (χ0v) is 30.2. The molecule has 5 heterocycles. The Morgan fingerprint density at radius 3 is 2.36 bits per heavy atom. The van der Waals surface area contributed by atoms with Gasteiger partial charge in [0.05, 0.1) is 24.1 Å². The van der Waals surface area contributed by atoms with E-state index in [0.717, 1.165) is 44.3 Å². The lowest BCUT2D eigenvalue weighted by Gasteiger charge is -2.37. The Morgan fingerprint density at radius 2 is 1.62 bits per heavy atom. The Morgan fingerprint density at radius 1 is 0.906 bits per heavy atom. The largest absolute Gasteiger partial charge is 0.442 e. The second-order valence-electron chi connectivity index (χ2n) is 14.7. The first kappa shape index (κ1) is 36.6. The molecule has 0 unspecified atom stereocenters. The molecule has 3 aliphatic heterocycles. The molecule has 4 N–H and O–H groups in total. The number of nitrogens with zero attached hydrogens (tertiary/aromatic N) is 6. The molecule has 1 atom stereocenters. The second kappa shape index (κ2) is 17.4. The van der Waals surface area contributed by atoms with E-state index in [1.165, 1.54) is 95.3 Å². The first-order valence-electron chi connectivity index (χ1n) is 19.0. The number of rotatable bonds is 12. The van der Waals surface area contributed by atoms with Crippen LogP contribution in [0, 0.1) is 17.7 Å². The predicted octanol–water partition coefficient (Wildman–Crippen LogP) is 5.34. The van der Waals surface area contributed by atoms with Crippen molar-refractivity contribution in [2.24, 2.45) is 11.8 Å². The average Bonchev–Trinajstić information content (AvgIpc) is 3.69. The minimum atomic E-state index is -1.32. The number of halogens is 1. The summed E-state index contributed by atoms with van der Waals surface area (Å²) >= 11 is 0. The zero-order valence-electron chi connectivity index (χ0n) is 30.2. The normalized spacial score (nSPS) is 18.8. The Kier molecular flexibility index (Phi) is 12.0. The lowest BCUT2D eigenvalue weighted by molar-refractivity contribution is -0.125. The van der Waals surface area contributed by atoms with Crippen LogP contribution in [0.5, 0.6) is 0 Å². The number of carbonyl (C=O) groups is 2. The molecule has 2 aromatic carbocycles. The minimum Gasteiger partial charge on any atom is -0.442 e. The average molecular weight is 724 g/mol. The number of hydrogen-bond acceptors (Lipinski definition) is 10. The van der Waals surface area contributed by atoms with Crippen LogP contribution in [0.2, 0.25) is 0 Å². The summed E-state index contributed by atoms with van der Waals surface area (Å²) in [5.41, 5.74) is 7.82. The Balaban J connectivity index is 0.917. The van der Waals surface area contributed by atoms with Gasteiger partial charge in [-0.15, -0.1) is 0 Å². The summed E-state index contributed by atoms with van der Waals surface area (Å²) in [6.45, 7) is 9.40. The van der Waals surface area contributed by atoms with Gasteiger partial charge in [-0.05, 0) is 114 Å². The molecule has 280 valence electrons. The fourth-order valence-electron chi connectivity index (χ4n) is 7.82. The van der Waals surface area contributed by atoms with Crippen LogP contribution in [0.15, 0.2) is 73.2 Å². The number of nitrogens with two attached hydrogens (primary N) is 1. The van der Waals surface area contributed by atoms with E-state index in [0.29, 0.717) is 22.5 Å². The first-order chi connectivity index (χ1) is 25.9. The van der Waals surface area contributed by atoms with Gasteiger partial charge < -0.3 is 30.9 Å². The van der Waals surface area contributed by atoms with Crippen LogP contribution >= 0.6 is 0 Å². The molecular formula is C40H50FN9O3. The summed E-state index contributed by atoms with van der Waals surface area (Å²) in [6.07, 6.45) is 12.5. The third kappa shape index (κ3) is 9.64. The lowest BCUT2D eigenvalue weighted by atomic mass is 9.91. The number of anilines is 2. The van der Waals surface area contributed by atoms with Crippen molar-refractivity contribution in [1.29, 1.82) is 0 Å². The SMILES string of the molecule is Nc1ncc(-c2cnn(C3CCN(CCC4CCN(CC5CCNCC5)CC4)CC3)c2)nc1C(=O)O[C@@H](C(=O)Nc1ccc(F)cc1)c1ccccc1. The highest BCUT2D eigenvalue weighted by atomic mass is 19.1. The van der Waals surface area contributed by atoms with Crippen LogP contribution in [0.4, 0.5) is 15.9 Å². The molecule has 13 heteroatoms. The van der Waals surface area contributed by atoms with Gasteiger partial charge >= 0.3 is 5.97 Å². The van der Waals surface area contributed by atoms with Gasteiger partial charge in [0, 0.05) is 42.6 Å². The van der Waals surface area contributed by atoms with E-state index in [2.05, 4.69) is 35.5 Å². The van der Waals surface area contributed by atoms with Gasteiger partial charge in [-0.2, -0.15) is 5.10 Å². The van der Waals surface area contributed by atoms with Crippen LogP contribution in [-0.2, 0) is 9.53 Å². The van der Waals surface area contributed by atoms with E-state index < -0.39 is 23.8 Å². The number of ether oxygens (including phenoxy) is 1. The van der Waals surface area contributed by atoms with Crippen molar-refractivity contribution < 1.29 is 18.7 Å². The van der Waals surface area contributed by atoms with Crippen molar-refractivity contribution in [3.63, 3.8) is 0 Å². The Hall–Kier alpha value is -4.72. The lowest BCUT2D eigenvalue weighted by Crippen LogP contribution is -2.41. The predicted molar refractivity (Wildman–Crippen MR) is 201 cm³/mol. The van der Waals surface area contributed by atoms with Gasteiger partial charge in [0.1, 0.15) is 5.82 Å². The Bertz CT molecular complexity index is 1800. The molecular weight excluding hydrogens is 673 g/mol. The van der Waals surface area contributed by atoms with Crippen LogP contribution in [0.3, 0.4) is 0 Å². The van der Waals surface area contributed by atoms with Gasteiger partial charge in [0.2, 0.25) is 6.10 Å². The maximum absolute atomic E-state index is 13.5. The number of benzene rings is 2. The fourth-order valence-corrected chi connectivity index (χ4v) is 7.82. The number of amides is 1. The van der Waals surface area contributed by atoms with Gasteiger partial charge in [0.25, 0.3) is 5.91 Å². The summed E-state index contributed by atoms with van der Waals surface area (Å²) < 4.78 is 21.1. The van der Waals surface area contributed by atoms with E-state index in [1.807, 2.05) is 10.9 Å². The monoisotopic (exact) mass is 723 g/mol. The maximum Gasteiger partial charge on any atom is 0.361 e. The molecule has 7 rings (SSSR count). The number of hydrogen-bond donors (Lipinski definition) is 3. The minimum absolute atomic E-state index is 0.118. The van der Waals surface area contributed by atoms with Crippen molar-refractivity contribution in [3.05, 3.63) is 90.3 Å². The third-order valence-electron chi connectivity index (χ3n) is 11.0. The molecule has 3 fully saturated rings. The van der Waals surface area contributed by atoms with Crippen molar-refractivity contribution in [2.45, 2.75) is 57.1 Å². The topological polar surface area (TPSA) is 144 Å². The van der Waals surface area contributed by atoms with Crippen LogP contribution < -0.4 is 16.4 Å². The number of esters is 1. The second-order valence-corrected chi connectivity index (χ2v) is 14.7. The molecule has 4 aromatic rings. The van der Waals surface area contributed by atoms with E-state index in [4.69, 9.17) is 10.5 Å².